The van der Waals surface area contributed by atoms with Crippen LogP contribution in [0, 0.1) is 17.1 Å². The van der Waals surface area contributed by atoms with Crippen LogP contribution in [0.1, 0.15) is 50.4 Å². The monoisotopic (exact) mass is 648 g/mol. The van der Waals surface area contributed by atoms with E-state index in [1.54, 1.807) is 42.5 Å². The van der Waals surface area contributed by atoms with Gasteiger partial charge in [0, 0.05) is 24.7 Å². The number of halogens is 1. The molecule has 0 unspecified atom stereocenters. The van der Waals surface area contributed by atoms with Gasteiger partial charge < -0.3 is 28.3 Å². The van der Waals surface area contributed by atoms with Crippen LogP contribution in [0.3, 0.4) is 0 Å². The predicted molar refractivity (Wildman–Crippen MR) is 173 cm³/mol. The third-order valence-electron chi connectivity index (χ3n) is 8.84. The second-order valence-corrected chi connectivity index (χ2v) is 11.8. The third-order valence-corrected chi connectivity index (χ3v) is 8.84. The molecule has 0 amide bonds. The van der Waals surface area contributed by atoms with Gasteiger partial charge in [-0.25, -0.2) is 19.2 Å². The zero-order valence-electron chi connectivity index (χ0n) is 26.6. The Labute approximate surface area is 276 Å². The molecule has 0 spiro atoms. The lowest BCUT2D eigenvalue weighted by Gasteiger charge is -2.27. The van der Waals surface area contributed by atoms with Gasteiger partial charge in [-0.05, 0) is 77.6 Å². The number of nitriles is 1. The van der Waals surface area contributed by atoms with Crippen molar-refractivity contribution in [2.45, 2.75) is 45.1 Å². The molecule has 2 aromatic heterocycles. The summed E-state index contributed by atoms with van der Waals surface area (Å²) in [4.78, 5) is 22.1. The Morgan fingerprint density at radius 1 is 1.04 bits per heavy atom. The number of nitrogens with zero attached hydrogens (tertiary/aromatic N) is 4. The van der Waals surface area contributed by atoms with E-state index < -0.39 is 11.8 Å². The molecular formula is C37H33FN4O6. The summed E-state index contributed by atoms with van der Waals surface area (Å²) >= 11 is 0. The summed E-state index contributed by atoms with van der Waals surface area (Å²) < 4.78 is 46.6. The Bertz CT molecular complexity index is 2070. The van der Waals surface area contributed by atoms with Gasteiger partial charge in [-0.1, -0.05) is 12.1 Å². The van der Waals surface area contributed by atoms with Gasteiger partial charge in [0.05, 0.1) is 68.5 Å². The number of esters is 1. The standard InChI is InChI=1S/C37H33FN4O6/c1-44-33-16-26(37(43)45-2)15-32-36(33)41-34(42(32)19-28-9-11-47-28)17-25-14-30(38)29-13-23(25)8-10-46-20-27-12-22(18-39)6-7-24(27)21-48-35-5-3-4-31(29)40-35/h3-7,12-16,28H,8-11,17,19-21H2,1-2H3/t28-/m0/s1. The molecule has 0 saturated carbocycles. The fourth-order valence-electron chi connectivity index (χ4n) is 6.16. The van der Waals surface area contributed by atoms with Gasteiger partial charge in [-0.2, -0.15) is 5.26 Å². The smallest absolute Gasteiger partial charge is 0.338 e. The van der Waals surface area contributed by atoms with Crippen LogP contribution in [0.15, 0.2) is 60.7 Å². The van der Waals surface area contributed by atoms with E-state index in [4.69, 9.17) is 28.7 Å². The van der Waals surface area contributed by atoms with Crippen molar-refractivity contribution in [3.8, 4) is 29.0 Å². The molecule has 1 saturated heterocycles. The number of benzene rings is 3. The molecule has 0 aliphatic carbocycles. The van der Waals surface area contributed by atoms with Crippen LogP contribution >= 0.6 is 0 Å². The normalized spacial score (nSPS) is 15.8. The van der Waals surface area contributed by atoms with E-state index in [1.165, 1.54) is 14.2 Å². The van der Waals surface area contributed by atoms with E-state index in [0.717, 1.165) is 28.7 Å². The molecule has 48 heavy (non-hydrogen) atoms. The maximum absolute atomic E-state index is 16.0. The van der Waals surface area contributed by atoms with Crippen LogP contribution in [0.5, 0.6) is 11.6 Å². The number of carbonyl (C=O) groups is 1. The minimum atomic E-state index is -0.487. The number of imidazole rings is 1. The first-order valence-electron chi connectivity index (χ1n) is 15.7. The molecule has 1 fully saturated rings. The first kappa shape index (κ1) is 31.3. The fourth-order valence-corrected chi connectivity index (χ4v) is 6.16. The van der Waals surface area contributed by atoms with Crippen LogP contribution in [0.2, 0.25) is 0 Å². The second kappa shape index (κ2) is 13.4. The number of hydrogen-bond acceptors (Lipinski definition) is 9. The fraction of sp³-hybridized carbons (Fsp3) is 0.297. The van der Waals surface area contributed by atoms with Crippen molar-refractivity contribution in [3.05, 3.63) is 106 Å². The second-order valence-electron chi connectivity index (χ2n) is 11.8. The third kappa shape index (κ3) is 6.20. The van der Waals surface area contributed by atoms with Gasteiger partial charge in [-0.3, -0.25) is 0 Å². The number of fused-ring (bicyclic) bond motifs is 7. The largest absolute Gasteiger partial charge is 0.494 e. The van der Waals surface area contributed by atoms with E-state index in [1.807, 2.05) is 22.8 Å². The van der Waals surface area contributed by atoms with Crippen molar-refractivity contribution in [2.75, 3.05) is 27.4 Å². The topological polar surface area (TPSA) is 118 Å². The minimum Gasteiger partial charge on any atom is -0.494 e. The van der Waals surface area contributed by atoms with E-state index >= 15 is 4.39 Å². The molecule has 0 radical (unpaired) electrons. The van der Waals surface area contributed by atoms with Gasteiger partial charge in [0.25, 0.3) is 0 Å². The summed E-state index contributed by atoms with van der Waals surface area (Å²) in [5, 5.41) is 9.47. The SMILES string of the molecule is COC(=O)c1cc(OC)c2nc(Cc3cc(F)c4cc3CCOCc3cc(C#N)ccc3COc3cccc-4n3)n(C[C@@H]3CCO3)c2c1. The van der Waals surface area contributed by atoms with Crippen molar-refractivity contribution >= 4 is 17.0 Å². The number of pyridine rings is 1. The highest BCUT2D eigenvalue weighted by atomic mass is 19.1. The van der Waals surface area contributed by atoms with Crippen molar-refractivity contribution in [2.24, 2.45) is 0 Å². The van der Waals surface area contributed by atoms with Crippen molar-refractivity contribution in [1.82, 2.24) is 14.5 Å². The lowest BCUT2D eigenvalue weighted by molar-refractivity contribution is -0.0589. The Morgan fingerprint density at radius 3 is 2.69 bits per heavy atom. The number of rotatable bonds is 6. The van der Waals surface area contributed by atoms with Gasteiger partial charge in [0.15, 0.2) is 0 Å². The minimum absolute atomic E-state index is 0.00975. The van der Waals surface area contributed by atoms with Gasteiger partial charge in [0.2, 0.25) is 5.88 Å². The maximum Gasteiger partial charge on any atom is 0.338 e. The average Bonchev–Trinajstić information content (AvgIpc) is 3.43. The molecule has 2 aliphatic rings. The highest BCUT2D eigenvalue weighted by Gasteiger charge is 2.25. The van der Waals surface area contributed by atoms with Crippen LogP contribution in [-0.4, -0.2) is 54.0 Å². The highest BCUT2D eigenvalue weighted by Crippen LogP contribution is 2.33. The summed E-state index contributed by atoms with van der Waals surface area (Å²) in [7, 11) is 2.86. The molecule has 3 aromatic carbocycles. The van der Waals surface area contributed by atoms with E-state index in [0.29, 0.717) is 83.5 Å². The number of carbonyl (C=O) groups excluding carboxylic acids is 1. The molecule has 4 bridgehead atoms. The average molecular weight is 649 g/mol. The molecule has 4 heterocycles. The molecule has 10 nitrogen and oxygen atoms in total. The number of hydrogen-bond donors (Lipinski definition) is 0. The van der Waals surface area contributed by atoms with Gasteiger partial charge in [0.1, 0.15) is 29.5 Å². The highest BCUT2D eigenvalue weighted by molar-refractivity contribution is 5.96. The number of aromatic nitrogens is 3. The summed E-state index contributed by atoms with van der Waals surface area (Å²) in [5.41, 5.74) is 6.33. The summed E-state index contributed by atoms with van der Waals surface area (Å²) in [6.07, 6.45) is 1.68. The van der Waals surface area contributed by atoms with Crippen molar-refractivity contribution < 1.29 is 32.9 Å². The zero-order chi connectivity index (χ0) is 33.2. The first-order valence-corrected chi connectivity index (χ1v) is 15.7. The molecule has 5 aromatic rings. The quantitative estimate of drug-likeness (QED) is 0.206. The van der Waals surface area contributed by atoms with E-state index in [-0.39, 0.29) is 19.3 Å². The summed E-state index contributed by atoms with van der Waals surface area (Å²) in [5.74, 6) is 0.566. The summed E-state index contributed by atoms with van der Waals surface area (Å²) in [6, 6.07) is 19.6. The zero-order valence-corrected chi connectivity index (χ0v) is 26.6. The molecule has 11 heteroatoms. The van der Waals surface area contributed by atoms with Crippen LogP contribution in [-0.2, 0) is 46.8 Å². The lowest BCUT2D eigenvalue weighted by Crippen LogP contribution is -2.31. The Kier molecular flexibility index (Phi) is 8.76. The van der Waals surface area contributed by atoms with Crippen LogP contribution < -0.4 is 9.47 Å². The lowest BCUT2D eigenvalue weighted by atomic mass is 9.96. The van der Waals surface area contributed by atoms with Gasteiger partial charge >= 0.3 is 5.97 Å². The molecule has 244 valence electrons. The predicted octanol–water partition coefficient (Wildman–Crippen LogP) is 5.94. The molecular weight excluding hydrogens is 615 g/mol. The van der Waals surface area contributed by atoms with Crippen molar-refractivity contribution in [1.29, 1.82) is 5.26 Å². The maximum atomic E-state index is 16.0. The molecule has 1 atom stereocenters. The van der Waals surface area contributed by atoms with Crippen LogP contribution in [0.4, 0.5) is 4.39 Å². The Morgan fingerprint density at radius 2 is 1.92 bits per heavy atom. The Hall–Kier alpha value is -5.31. The molecule has 7 rings (SSSR count). The first-order chi connectivity index (χ1) is 23.4. The number of ether oxygens (including phenoxy) is 5. The molecule has 2 aliphatic heterocycles. The molecule has 0 N–H and O–H groups in total. The van der Waals surface area contributed by atoms with E-state index in [2.05, 4.69) is 11.1 Å². The van der Waals surface area contributed by atoms with Gasteiger partial charge in [-0.15, -0.1) is 0 Å². The van der Waals surface area contributed by atoms with E-state index in [9.17, 15) is 10.1 Å². The Balaban J connectivity index is 1.30. The number of methoxy groups -OCH3 is 2. The van der Waals surface area contributed by atoms with Crippen molar-refractivity contribution in [3.63, 3.8) is 0 Å². The summed E-state index contributed by atoms with van der Waals surface area (Å²) in [6.45, 7) is 2.06. The van der Waals surface area contributed by atoms with Crippen LogP contribution in [0.25, 0.3) is 22.3 Å².